The van der Waals surface area contributed by atoms with Crippen LogP contribution in [0, 0.1) is 11.8 Å². The second-order valence-electron chi connectivity index (χ2n) is 9.91. The SMILES string of the molecule is C=CCN(C)C(=O)[C@H]1[C@H]2C(=O)N(CCCCO)C(C(=O)N(CC=C)CCCCC)C23CC(Br)[C@@H]1O3. The molecule has 9 heteroatoms. The number of aliphatic hydroxyl groups is 1. The summed E-state index contributed by atoms with van der Waals surface area (Å²) in [5, 5.41) is 9.31. The van der Waals surface area contributed by atoms with Crippen molar-refractivity contribution in [3.05, 3.63) is 25.3 Å². The van der Waals surface area contributed by atoms with Gasteiger partial charge in [-0.2, -0.15) is 0 Å². The predicted octanol–water partition coefficient (Wildman–Crippen LogP) is 2.36. The summed E-state index contributed by atoms with van der Waals surface area (Å²) in [5.41, 5.74) is -1.05. The van der Waals surface area contributed by atoms with Crippen molar-refractivity contribution >= 4 is 33.7 Å². The van der Waals surface area contributed by atoms with E-state index in [1.165, 1.54) is 0 Å². The first-order valence-electron chi connectivity index (χ1n) is 12.8. The van der Waals surface area contributed by atoms with E-state index in [-0.39, 0.29) is 29.2 Å². The molecule has 0 aromatic carbocycles. The lowest BCUT2D eigenvalue weighted by molar-refractivity contribution is -0.148. The molecule has 3 aliphatic heterocycles. The number of likely N-dealkylation sites (tertiary alicyclic amines) is 1. The van der Waals surface area contributed by atoms with Crippen LogP contribution in [0.5, 0.6) is 0 Å². The average molecular weight is 555 g/mol. The molecule has 3 amide bonds. The van der Waals surface area contributed by atoms with Crippen molar-refractivity contribution in [2.75, 3.05) is 39.8 Å². The monoisotopic (exact) mass is 553 g/mol. The maximum atomic E-state index is 14.1. The summed E-state index contributed by atoms with van der Waals surface area (Å²) in [6.45, 7) is 11.4. The number of aliphatic hydroxyl groups excluding tert-OH is 1. The second-order valence-corrected chi connectivity index (χ2v) is 11.1. The first-order chi connectivity index (χ1) is 16.8. The van der Waals surface area contributed by atoms with E-state index in [0.717, 1.165) is 19.3 Å². The maximum absolute atomic E-state index is 14.1. The van der Waals surface area contributed by atoms with Crippen molar-refractivity contribution < 1.29 is 24.2 Å². The van der Waals surface area contributed by atoms with Crippen LogP contribution in [-0.4, -0.2) is 99.9 Å². The van der Waals surface area contributed by atoms with Gasteiger partial charge in [0.15, 0.2) is 0 Å². The van der Waals surface area contributed by atoms with Crippen LogP contribution in [0.4, 0.5) is 0 Å². The van der Waals surface area contributed by atoms with E-state index in [4.69, 9.17) is 4.74 Å². The lowest BCUT2D eigenvalue weighted by Crippen LogP contribution is -2.57. The molecule has 196 valence electrons. The topological polar surface area (TPSA) is 90.4 Å². The highest BCUT2D eigenvalue weighted by Crippen LogP contribution is 2.60. The largest absolute Gasteiger partial charge is 0.396 e. The molecule has 3 heterocycles. The molecule has 2 bridgehead atoms. The number of hydrogen-bond acceptors (Lipinski definition) is 5. The Morgan fingerprint density at radius 3 is 2.54 bits per heavy atom. The lowest BCUT2D eigenvalue weighted by Gasteiger charge is -2.37. The second kappa shape index (κ2) is 12.0. The van der Waals surface area contributed by atoms with Gasteiger partial charge < -0.3 is 24.5 Å². The zero-order chi connectivity index (χ0) is 25.8. The fourth-order valence-corrected chi connectivity index (χ4v) is 6.98. The third-order valence-electron chi connectivity index (χ3n) is 7.59. The quantitative estimate of drug-likeness (QED) is 0.202. The Bertz CT molecular complexity index is 823. The van der Waals surface area contributed by atoms with E-state index in [2.05, 4.69) is 36.0 Å². The Morgan fingerprint density at radius 1 is 1.20 bits per heavy atom. The number of rotatable bonds is 14. The van der Waals surface area contributed by atoms with Gasteiger partial charge in [-0.25, -0.2) is 0 Å². The van der Waals surface area contributed by atoms with Crippen molar-refractivity contribution in [2.45, 2.75) is 68.0 Å². The minimum absolute atomic E-state index is 0.0182. The molecule has 0 radical (unpaired) electrons. The van der Waals surface area contributed by atoms with Crippen molar-refractivity contribution in [2.24, 2.45) is 11.8 Å². The van der Waals surface area contributed by atoms with Gasteiger partial charge in [0.25, 0.3) is 0 Å². The van der Waals surface area contributed by atoms with Crippen LogP contribution in [-0.2, 0) is 19.1 Å². The fourth-order valence-electron chi connectivity index (χ4n) is 6.04. The summed E-state index contributed by atoms with van der Waals surface area (Å²) in [7, 11) is 1.70. The van der Waals surface area contributed by atoms with Gasteiger partial charge in [-0.3, -0.25) is 14.4 Å². The molecule has 3 unspecified atom stereocenters. The number of hydrogen-bond donors (Lipinski definition) is 1. The molecule has 6 atom stereocenters. The number of carbonyl (C=O) groups excluding carboxylic acids is 3. The molecule has 3 saturated heterocycles. The standard InChI is InChI=1S/C26H40BrN3O5/c1-5-8-9-14-29(13-7-3)25(34)22-26-17-18(27)21(35-26)19(23(32)28(4)12-6-2)20(26)24(33)30(22)15-10-11-16-31/h6-7,18-22,31H,2-3,5,8-17H2,1,4H3/t18?,19-,20-,21-,22?,26?/m0/s1. The Hall–Kier alpha value is -1.71. The summed E-state index contributed by atoms with van der Waals surface area (Å²) in [6, 6.07) is -0.798. The number of carbonyl (C=O) groups is 3. The van der Waals surface area contributed by atoms with E-state index >= 15 is 0 Å². The molecule has 1 N–H and O–H groups in total. The van der Waals surface area contributed by atoms with Gasteiger partial charge in [-0.15, -0.1) is 13.2 Å². The first-order valence-corrected chi connectivity index (χ1v) is 13.7. The summed E-state index contributed by atoms with van der Waals surface area (Å²) >= 11 is 3.70. The minimum atomic E-state index is -1.05. The zero-order valence-electron chi connectivity index (χ0n) is 21.0. The molecule has 8 nitrogen and oxygen atoms in total. The highest BCUT2D eigenvalue weighted by Gasteiger charge is 2.76. The van der Waals surface area contributed by atoms with E-state index < -0.39 is 29.6 Å². The molecule has 3 rings (SSSR count). The number of likely N-dealkylation sites (N-methyl/N-ethyl adjacent to an activating group) is 1. The molecule has 0 aromatic rings. The number of halogens is 1. The highest BCUT2D eigenvalue weighted by molar-refractivity contribution is 9.09. The van der Waals surface area contributed by atoms with Gasteiger partial charge in [-0.1, -0.05) is 47.8 Å². The lowest BCUT2D eigenvalue weighted by atomic mass is 9.70. The third-order valence-corrected chi connectivity index (χ3v) is 8.43. The Labute approximate surface area is 217 Å². The molecule has 0 saturated carbocycles. The van der Waals surface area contributed by atoms with Crippen molar-refractivity contribution in [3.8, 4) is 0 Å². The third kappa shape index (κ3) is 5.09. The average Bonchev–Trinajstić information content (AvgIpc) is 3.41. The van der Waals surface area contributed by atoms with Crippen LogP contribution >= 0.6 is 15.9 Å². The van der Waals surface area contributed by atoms with Gasteiger partial charge in [0.2, 0.25) is 17.7 Å². The van der Waals surface area contributed by atoms with Crippen molar-refractivity contribution in [1.82, 2.24) is 14.7 Å². The highest BCUT2D eigenvalue weighted by atomic mass is 79.9. The zero-order valence-corrected chi connectivity index (χ0v) is 22.6. The molecular formula is C26H40BrN3O5. The number of ether oxygens (including phenoxy) is 1. The normalized spacial score (nSPS) is 30.9. The van der Waals surface area contributed by atoms with Crippen LogP contribution in [0.25, 0.3) is 0 Å². The van der Waals surface area contributed by atoms with Crippen molar-refractivity contribution in [1.29, 1.82) is 0 Å². The van der Waals surface area contributed by atoms with E-state index in [9.17, 15) is 19.5 Å². The van der Waals surface area contributed by atoms with Gasteiger partial charge in [-0.05, 0) is 25.7 Å². The van der Waals surface area contributed by atoms with Crippen LogP contribution in [0.3, 0.4) is 0 Å². The van der Waals surface area contributed by atoms with Crippen LogP contribution < -0.4 is 0 Å². The summed E-state index contributed by atoms with van der Waals surface area (Å²) in [6.07, 6.45) is 7.41. The van der Waals surface area contributed by atoms with Gasteiger partial charge in [0.05, 0.1) is 17.9 Å². The van der Waals surface area contributed by atoms with E-state index in [1.807, 2.05) is 0 Å². The molecule has 3 aliphatic rings. The molecule has 3 fully saturated rings. The summed E-state index contributed by atoms with van der Waals surface area (Å²) in [5.74, 6) is -1.86. The Balaban J connectivity index is 2.00. The number of unbranched alkanes of at least 4 members (excludes halogenated alkanes) is 3. The Morgan fingerprint density at radius 2 is 1.91 bits per heavy atom. The van der Waals surface area contributed by atoms with Crippen molar-refractivity contribution in [3.63, 3.8) is 0 Å². The van der Waals surface area contributed by atoms with E-state index in [1.54, 1.807) is 33.9 Å². The number of alkyl halides is 1. The van der Waals surface area contributed by atoms with Crippen LogP contribution in [0.2, 0.25) is 0 Å². The smallest absolute Gasteiger partial charge is 0.248 e. The molecule has 0 aliphatic carbocycles. The molecular weight excluding hydrogens is 514 g/mol. The van der Waals surface area contributed by atoms with Gasteiger partial charge in [0.1, 0.15) is 11.6 Å². The van der Waals surface area contributed by atoms with Gasteiger partial charge in [0, 0.05) is 44.7 Å². The fraction of sp³-hybridized carbons (Fsp3) is 0.731. The molecule has 35 heavy (non-hydrogen) atoms. The van der Waals surface area contributed by atoms with Crippen LogP contribution in [0.1, 0.15) is 45.4 Å². The minimum Gasteiger partial charge on any atom is -0.396 e. The van der Waals surface area contributed by atoms with E-state index in [0.29, 0.717) is 45.4 Å². The maximum Gasteiger partial charge on any atom is 0.248 e. The number of nitrogens with zero attached hydrogens (tertiary/aromatic N) is 3. The number of amides is 3. The molecule has 1 spiro atoms. The first kappa shape index (κ1) is 27.9. The van der Waals surface area contributed by atoms with Gasteiger partial charge >= 0.3 is 0 Å². The molecule has 0 aromatic heterocycles. The summed E-state index contributed by atoms with van der Waals surface area (Å²) in [4.78, 5) is 46.3. The predicted molar refractivity (Wildman–Crippen MR) is 138 cm³/mol. The summed E-state index contributed by atoms with van der Waals surface area (Å²) < 4.78 is 6.55. The number of fused-ring (bicyclic) bond motifs is 1. The Kier molecular flexibility index (Phi) is 9.57. The van der Waals surface area contributed by atoms with Crippen LogP contribution in [0.15, 0.2) is 25.3 Å².